The van der Waals surface area contributed by atoms with Crippen LogP contribution in [0.15, 0.2) is 84.9 Å². The summed E-state index contributed by atoms with van der Waals surface area (Å²) in [4.78, 5) is 12.7. The Morgan fingerprint density at radius 1 is 0.600 bits per heavy atom. The molecule has 0 unspecified atom stereocenters. The minimum Gasteiger partial charge on any atom is -0.294 e. The van der Waals surface area contributed by atoms with Crippen LogP contribution in [0.2, 0.25) is 0 Å². The van der Waals surface area contributed by atoms with E-state index < -0.39 is 0 Å². The standard InChI is InChI=1S/C24H16O/c25-22(16-5-2-1-3-6-16)15-20-12-11-19-10-9-17-7-4-8-18-13-14-21(20)24(19)23(17)18/h1-14H,15H2. The molecular weight excluding hydrogens is 304 g/mol. The van der Waals surface area contributed by atoms with Gasteiger partial charge in [0, 0.05) is 12.0 Å². The second-order valence-corrected chi connectivity index (χ2v) is 6.55. The predicted molar refractivity (Wildman–Crippen MR) is 105 cm³/mol. The molecule has 0 saturated carbocycles. The van der Waals surface area contributed by atoms with Crippen molar-refractivity contribution in [2.75, 3.05) is 0 Å². The first kappa shape index (κ1) is 14.2. The Morgan fingerprint density at radius 3 is 2.00 bits per heavy atom. The number of carbonyl (C=O) groups excluding carboxylic acids is 1. The van der Waals surface area contributed by atoms with E-state index in [9.17, 15) is 4.79 Å². The van der Waals surface area contributed by atoms with Gasteiger partial charge in [0.15, 0.2) is 5.78 Å². The van der Waals surface area contributed by atoms with Crippen LogP contribution in [0.3, 0.4) is 0 Å². The lowest BCUT2D eigenvalue weighted by atomic mass is 9.90. The van der Waals surface area contributed by atoms with E-state index in [1.54, 1.807) is 0 Å². The summed E-state index contributed by atoms with van der Waals surface area (Å²) in [7, 11) is 0. The summed E-state index contributed by atoms with van der Waals surface area (Å²) in [5, 5.41) is 7.49. The average Bonchev–Trinajstić information content (AvgIpc) is 2.68. The second kappa shape index (κ2) is 5.42. The Balaban J connectivity index is 1.73. The van der Waals surface area contributed by atoms with E-state index in [4.69, 9.17) is 0 Å². The van der Waals surface area contributed by atoms with Crippen molar-refractivity contribution in [3.8, 4) is 0 Å². The van der Waals surface area contributed by atoms with E-state index in [1.165, 1.54) is 32.3 Å². The zero-order valence-corrected chi connectivity index (χ0v) is 13.7. The van der Waals surface area contributed by atoms with Gasteiger partial charge in [0.25, 0.3) is 0 Å². The van der Waals surface area contributed by atoms with Crippen molar-refractivity contribution in [1.82, 2.24) is 0 Å². The lowest BCUT2D eigenvalue weighted by Gasteiger charge is -2.13. The van der Waals surface area contributed by atoms with Crippen molar-refractivity contribution in [2.45, 2.75) is 6.42 Å². The molecule has 1 heteroatoms. The first-order valence-electron chi connectivity index (χ1n) is 8.55. The largest absolute Gasteiger partial charge is 0.294 e. The highest BCUT2D eigenvalue weighted by Crippen LogP contribution is 2.36. The molecule has 25 heavy (non-hydrogen) atoms. The topological polar surface area (TPSA) is 17.1 Å². The predicted octanol–water partition coefficient (Wildman–Crippen LogP) is 6.01. The van der Waals surface area contributed by atoms with Crippen molar-refractivity contribution in [3.63, 3.8) is 0 Å². The summed E-state index contributed by atoms with van der Waals surface area (Å²) < 4.78 is 0. The minimum atomic E-state index is 0.163. The quantitative estimate of drug-likeness (QED) is 0.294. The monoisotopic (exact) mass is 320 g/mol. The molecule has 0 radical (unpaired) electrons. The molecule has 0 heterocycles. The molecule has 5 rings (SSSR count). The molecule has 1 nitrogen and oxygen atoms in total. The van der Waals surface area contributed by atoms with Gasteiger partial charge in [-0.3, -0.25) is 4.79 Å². The van der Waals surface area contributed by atoms with Crippen molar-refractivity contribution < 1.29 is 4.79 Å². The van der Waals surface area contributed by atoms with E-state index in [0.717, 1.165) is 11.1 Å². The lowest BCUT2D eigenvalue weighted by Crippen LogP contribution is -2.04. The molecule has 0 aliphatic rings. The van der Waals surface area contributed by atoms with Crippen LogP contribution in [0, 0.1) is 0 Å². The first-order valence-corrected chi connectivity index (χ1v) is 8.55. The van der Waals surface area contributed by atoms with E-state index in [-0.39, 0.29) is 5.78 Å². The molecular formula is C24H16O. The fourth-order valence-corrected chi connectivity index (χ4v) is 3.85. The van der Waals surface area contributed by atoms with Gasteiger partial charge in [-0.15, -0.1) is 0 Å². The summed E-state index contributed by atoms with van der Waals surface area (Å²) in [6, 6.07) is 28.9. The smallest absolute Gasteiger partial charge is 0.167 e. The molecule has 0 aliphatic heterocycles. The van der Waals surface area contributed by atoms with Gasteiger partial charge in [-0.1, -0.05) is 84.9 Å². The van der Waals surface area contributed by atoms with Crippen molar-refractivity contribution in [2.24, 2.45) is 0 Å². The third-order valence-corrected chi connectivity index (χ3v) is 5.07. The van der Waals surface area contributed by atoms with Crippen molar-refractivity contribution >= 4 is 38.1 Å². The highest BCUT2D eigenvalue weighted by atomic mass is 16.1. The van der Waals surface area contributed by atoms with Gasteiger partial charge in [0.2, 0.25) is 0 Å². The van der Waals surface area contributed by atoms with Gasteiger partial charge < -0.3 is 0 Å². The molecule has 5 aromatic rings. The Morgan fingerprint density at radius 2 is 1.24 bits per heavy atom. The van der Waals surface area contributed by atoms with Gasteiger partial charge in [0.1, 0.15) is 0 Å². The highest BCUT2D eigenvalue weighted by Gasteiger charge is 2.13. The number of hydrogen-bond donors (Lipinski definition) is 0. The molecule has 0 bridgehead atoms. The zero-order chi connectivity index (χ0) is 16.8. The van der Waals surface area contributed by atoms with E-state index >= 15 is 0 Å². The van der Waals surface area contributed by atoms with Crippen LogP contribution in [0.4, 0.5) is 0 Å². The molecule has 0 atom stereocenters. The summed E-state index contributed by atoms with van der Waals surface area (Å²) in [5.74, 6) is 0.163. The fraction of sp³-hybridized carbons (Fsp3) is 0.0417. The normalized spacial score (nSPS) is 11.5. The van der Waals surface area contributed by atoms with Crippen LogP contribution in [0.25, 0.3) is 32.3 Å². The number of ketones is 1. The molecule has 0 aliphatic carbocycles. The van der Waals surface area contributed by atoms with E-state index in [0.29, 0.717) is 6.42 Å². The summed E-state index contributed by atoms with van der Waals surface area (Å²) >= 11 is 0. The maximum atomic E-state index is 12.7. The van der Waals surface area contributed by atoms with Gasteiger partial charge >= 0.3 is 0 Å². The van der Waals surface area contributed by atoms with Crippen molar-refractivity contribution in [1.29, 1.82) is 0 Å². The second-order valence-electron chi connectivity index (χ2n) is 6.55. The summed E-state index contributed by atoms with van der Waals surface area (Å²) in [6.45, 7) is 0. The number of hydrogen-bond acceptors (Lipinski definition) is 1. The maximum Gasteiger partial charge on any atom is 0.167 e. The van der Waals surface area contributed by atoms with Crippen LogP contribution < -0.4 is 0 Å². The van der Waals surface area contributed by atoms with Crippen LogP contribution in [-0.2, 0) is 6.42 Å². The molecule has 0 amide bonds. The SMILES string of the molecule is O=C(Cc1ccc2ccc3cccc4ccc1c2c34)c1ccccc1. The van der Waals surface area contributed by atoms with Crippen molar-refractivity contribution in [3.05, 3.63) is 96.1 Å². The Hall–Kier alpha value is -3.19. The van der Waals surface area contributed by atoms with Gasteiger partial charge in [-0.2, -0.15) is 0 Å². The third kappa shape index (κ3) is 2.20. The molecule has 0 spiro atoms. The molecule has 118 valence electrons. The maximum absolute atomic E-state index is 12.7. The first-order chi connectivity index (χ1) is 12.3. The molecule has 0 fully saturated rings. The fourth-order valence-electron chi connectivity index (χ4n) is 3.85. The van der Waals surface area contributed by atoms with E-state index in [1.807, 2.05) is 30.3 Å². The molecule has 0 aromatic heterocycles. The molecule has 0 saturated heterocycles. The summed E-state index contributed by atoms with van der Waals surface area (Å²) in [6.07, 6.45) is 0.429. The number of carbonyl (C=O) groups is 1. The molecule has 5 aromatic carbocycles. The lowest BCUT2D eigenvalue weighted by molar-refractivity contribution is 0.0993. The Bertz CT molecular complexity index is 1200. The average molecular weight is 320 g/mol. The van der Waals surface area contributed by atoms with Crippen LogP contribution in [0.1, 0.15) is 15.9 Å². The minimum absolute atomic E-state index is 0.163. The zero-order valence-electron chi connectivity index (χ0n) is 13.7. The van der Waals surface area contributed by atoms with Crippen LogP contribution >= 0.6 is 0 Å². The third-order valence-electron chi connectivity index (χ3n) is 5.07. The number of Topliss-reactive ketones (excluding diaryl/α,β-unsaturated/α-hetero) is 1. The Kier molecular flexibility index (Phi) is 3.07. The van der Waals surface area contributed by atoms with Crippen LogP contribution in [0.5, 0.6) is 0 Å². The highest BCUT2D eigenvalue weighted by molar-refractivity contribution is 6.23. The summed E-state index contributed by atoms with van der Waals surface area (Å²) in [5.41, 5.74) is 1.87. The molecule has 0 N–H and O–H groups in total. The van der Waals surface area contributed by atoms with Crippen LogP contribution in [-0.4, -0.2) is 5.78 Å². The van der Waals surface area contributed by atoms with Gasteiger partial charge in [-0.05, 0) is 37.9 Å². The van der Waals surface area contributed by atoms with E-state index in [2.05, 4.69) is 54.6 Å². The number of rotatable bonds is 3. The van der Waals surface area contributed by atoms with Gasteiger partial charge in [-0.25, -0.2) is 0 Å². The van der Waals surface area contributed by atoms with Gasteiger partial charge in [0.05, 0.1) is 0 Å². The number of benzene rings is 5. The Labute approximate surface area is 145 Å².